The maximum absolute atomic E-state index is 8.66. The van der Waals surface area contributed by atoms with Gasteiger partial charge in [-0.05, 0) is 42.8 Å². The topological polar surface area (TPSA) is 41.5 Å². The van der Waals surface area contributed by atoms with Gasteiger partial charge in [0.05, 0.1) is 6.61 Å². The summed E-state index contributed by atoms with van der Waals surface area (Å²) in [6.45, 7) is 1.71. The van der Waals surface area contributed by atoms with Crippen LogP contribution in [0.15, 0.2) is 54.6 Å². The van der Waals surface area contributed by atoms with Gasteiger partial charge in [-0.15, -0.1) is 0 Å². The molecule has 0 bridgehead atoms. The number of ether oxygens (including phenoxy) is 1. The minimum absolute atomic E-state index is 0.184. The van der Waals surface area contributed by atoms with Gasteiger partial charge in [0, 0.05) is 6.54 Å². The average Bonchev–Trinajstić information content (AvgIpc) is 2.46. The molecule has 3 nitrogen and oxygen atoms in total. The van der Waals surface area contributed by atoms with Gasteiger partial charge in [-0.3, -0.25) is 0 Å². The predicted molar refractivity (Wildman–Crippen MR) is 76.6 cm³/mol. The maximum atomic E-state index is 8.66. The Hall–Kier alpha value is -1.84. The first kappa shape index (κ1) is 13.6. The molecule has 19 heavy (non-hydrogen) atoms. The summed E-state index contributed by atoms with van der Waals surface area (Å²) in [6.07, 6.45) is 0.950. The minimum atomic E-state index is 0.184. The molecule has 0 amide bonds. The second-order valence-electron chi connectivity index (χ2n) is 4.28. The van der Waals surface area contributed by atoms with Crippen LogP contribution in [0.3, 0.4) is 0 Å². The molecule has 0 saturated heterocycles. The highest BCUT2D eigenvalue weighted by molar-refractivity contribution is 5.32. The van der Waals surface area contributed by atoms with E-state index in [1.165, 1.54) is 5.56 Å². The summed E-state index contributed by atoms with van der Waals surface area (Å²) < 4.78 is 5.73. The molecule has 2 aromatic rings. The largest absolute Gasteiger partial charge is 0.457 e. The van der Waals surface area contributed by atoms with Gasteiger partial charge in [-0.2, -0.15) is 0 Å². The molecule has 2 N–H and O–H groups in total. The van der Waals surface area contributed by atoms with E-state index in [1.807, 2.05) is 42.5 Å². The van der Waals surface area contributed by atoms with Crippen LogP contribution in [-0.2, 0) is 6.42 Å². The molecular weight excluding hydrogens is 238 g/mol. The van der Waals surface area contributed by atoms with Crippen LogP contribution in [0.5, 0.6) is 11.5 Å². The number of para-hydroxylation sites is 1. The standard InChI is InChI=1S/C16H19NO2/c18-13-12-17-11-10-14-6-8-16(9-7-14)19-15-4-2-1-3-5-15/h1-9,17-18H,10-13H2. The second-order valence-corrected chi connectivity index (χ2v) is 4.28. The van der Waals surface area contributed by atoms with Gasteiger partial charge in [0.2, 0.25) is 0 Å². The van der Waals surface area contributed by atoms with E-state index in [0.717, 1.165) is 24.5 Å². The van der Waals surface area contributed by atoms with Gasteiger partial charge in [0.15, 0.2) is 0 Å². The van der Waals surface area contributed by atoms with Crippen molar-refractivity contribution in [3.8, 4) is 11.5 Å². The minimum Gasteiger partial charge on any atom is -0.457 e. The Balaban J connectivity index is 1.84. The van der Waals surface area contributed by atoms with E-state index in [2.05, 4.69) is 17.4 Å². The summed E-state index contributed by atoms with van der Waals surface area (Å²) in [6, 6.07) is 17.8. The molecule has 2 rings (SSSR count). The van der Waals surface area contributed by atoms with Crippen molar-refractivity contribution in [1.82, 2.24) is 5.32 Å². The Labute approximate surface area is 113 Å². The van der Waals surface area contributed by atoms with Crippen molar-refractivity contribution in [2.45, 2.75) is 6.42 Å². The van der Waals surface area contributed by atoms with Crippen LogP contribution in [-0.4, -0.2) is 24.8 Å². The first-order valence-corrected chi connectivity index (χ1v) is 6.52. The number of rotatable bonds is 7. The van der Waals surface area contributed by atoms with Gasteiger partial charge in [0.1, 0.15) is 11.5 Å². The van der Waals surface area contributed by atoms with Crippen LogP contribution in [0.1, 0.15) is 5.56 Å². The quantitative estimate of drug-likeness (QED) is 0.749. The molecular formula is C16H19NO2. The van der Waals surface area contributed by atoms with Gasteiger partial charge in [0.25, 0.3) is 0 Å². The summed E-state index contributed by atoms with van der Waals surface area (Å²) >= 11 is 0. The normalized spacial score (nSPS) is 10.4. The number of hydrogen-bond donors (Lipinski definition) is 2. The van der Waals surface area contributed by atoms with Crippen molar-refractivity contribution >= 4 is 0 Å². The highest BCUT2D eigenvalue weighted by atomic mass is 16.5. The van der Waals surface area contributed by atoms with Crippen LogP contribution >= 0.6 is 0 Å². The number of benzene rings is 2. The van der Waals surface area contributed by atoms with E-state index in [4.69, 9.17) is 9.84 Å². The van der Waals surface area contributed by atoms with Crippen LogP contribution in [0.2, 0.25) is 0 Å². The van der Waals surface area contributed by atoms with E-state index < -0.39 is 0 Å². The summed E-state index contributed by atoms with van der Waals surface area (Å²) in [5.74, 6) is 1.69. The molecule has 2 aromatic carbocycles. The van der Waals surface area contributed by atoms with Gasteiger partial charge < -0.3 is 15.2 Å². The van der Waals surface area contributed by atoms with Crippen LogP contribution in [0.25, 0.3) is 0 Å². The molecule has 0 spiro atoms. The summed E-state index contributed by atoms with van der Waals surface area (Å²) in [4.78, 5) is 0. The zero-order valence-corrected chi connectivity index (χ0v) is 10.9. The van der Waals surface area contributed by atoms with Crippen LogP contribution in [0, 0.1) is 0 Å². The molecule has 0 saturated carbocycles. The van der Waals surface area contributed by atoms with Gasteiger partial charge in [-0.1, -0.05) is 30.3 Å². The molecule has 0 radical (unpaired) electrons. The molecule has 0 aliphatic carbocycles. The highest BCUT2D eigenvalue weighted by Crippen LogP contribution is 2.21. The third-order valence-electron chi connectivity index (χ3n) is 2.78. The molecule has 3 heteroatoms. The van der Waals surface area contributed by atoms with Crippen molar-refractivity contribution in [1.29, 1.82) is 0 Å². The lowest BCUT2D eigenvalue weighted by Gasteiger charge is -2.07. The third-order valence-corrected chi connectivity index (χ3v) is 2.78. The second kappa shape index (κ2) is 7.56. The van der Waals surface area contributed by atoms with Crippen molar-refractivity contribution < 1.29 is 9.84 Å². The third kappa shape index (κ3) is 4.73. The first-order chi connectivity index (χ1) is 9.38. The van der Waals surface area contributed by atoms with Crippen LogP contribution in [0.4, 0.5) is 0 Å². The van der Waals surface area contributed by atoms with Crippen LogP contribution < -0.4 is 10.1 Å². The Kier molecular flexibility index (Phi) is 5.41. The number of nitrogens with one attached hydrogen (secondary N) is 1. The van der Waals surface area contributed by atoms with Crippen molar-refractivity contribution in [3.63, 3.8) is 0 Å². The fraction of sp³-hybridized carbons (Fsp3) is 0.250. The number of aliphatic hydroxyl groups is 1. The molecule has 0 heterocycles. The summed E-state index contributed by atoms with van der Waals surface area (Å²) in [5, 5.41) is 11.8. The van der Waals surface area contributed by atoms with E-state index in [1.54, 1.807) is 0 Å². The SMILES string of the molecule is OCCNCCc1ccc(Oc2ccccc2)cc1. The van der Waals surface area contributed by atoms with Crippen molar-refractivity contribution in [2.75, 3.05) is 19.7 Å². The number of aliphatic hydroxyl groups excluding tert-OH is 1. The van der Waals surface area contributed by atoms with E-state index in [9.17, 15) is 0 Å². The summed E-state index contributed by atoms with van der Waals surface area (Å²) in [7, 11) is 0. The molecule has 0 aromatic heterocycles. The average molecular weight is 257 g/mol. The smallest absolute Gasteiger partial charge is 0.127 e. The zero-order chi connectivity index (χ0) is 13.3. The molecule has 0 unspecified atom stereocenters. The lowest BCUT2D eigenvalue weighted by Crippen LogP contribution is -2.20. The van der Waals surface area contributed by atoms with Crippen molar-refractivity contribution in [2.24, 2.45) is 0 Å². The monoisotopic (exact) mass is 257 g/mol. The fourth-order valence-electron chi connectivity index (χ4n) is 1.79. The van der Waals surface area contributed by atoms with E-state index in [0.29, 0.717) is 6.54 Å². The molecule has 0 atom stereocenters. The lowest BCUT2D eigenvalue weighted by atomic mass is 10.1. The fourth-order valence-corrected chi connectivity index (χ4v) is 1.79. The molecule has 0 fully saturated rings. The van der Waals surface area contributed by atoms with E-state index >= 15 is 0 Å². The Bertz CT molecular complexity index is 468. The van der Waals surface area contributed by atoms with Crippen molar-refractivity contribution in [3.05, 3.63) is 60.2 Å². The molecule has 0 aliphatic heterocycles. The first-order valence-electron chi connectivity index (χ1n) is 6.52. The summed E-state index contributed by atoms with van der Waals surface area (Å²) in [5.41, 5.74) is 1.26. The van der Waals surface area contributed by atoms with Gasteiger partial charge in [-0.25, -0.2) is 0 Å². The maximum Gasteiger partial charge on any atom is 0.127 e. The van der Waals surface area contributed by atoms with Gasteiger partial charge >= 0.3 is 0 Å². The number of hydrogen-bond acceptors (Lipinski definition) is 3. The Morgan fingerprint density at radius 2 is 1.53 bits per heavy atom. The highest BCUT2D eigenvalue weighted by Gasteiger charge is 1.97. The lowest BCUT2D eigenvalue weighted by molar-refractivity contribution is 0.293. The molecule has 100 valence electrons. The molecule has 0 aliphatic rings. The van der Waals surface area contributed by atoms with E-state index in [-0.39, 0.29) is 6.61 Å². The zero-order valence-electron chi connectivity index (χ0n) is 10.9. The predicted octanol–water partition coefficient (Wildman–Crippen LogP) is 2.60. The Morgan fingerprint density at radius 3 is 2.21 bits per heavy atom. The Morgan fingerprint density at radius 1 is 0.842 bits per heavy atom.